The highest BCUT2D eigenvalue weighted by Crippen LogP contribution is 2.36. The third-order valence-electron chi connectivity index (χ3n) is 2.42. The molecular formula is C8H16O5. The van der Waals surface area contributed by atoms with Crippen molar-refractivity contribution in [3.63, 3.8) is 0 Å². The number of rotatable bonds is 2. The lowest BCUT2D eigenvalue weighted by Gasteiger charge is -2.42. The van der Waals surface area contributed by atoms with Gasteiger partial charge in [-0.05, 0) is 0 Å². The average Bonchev–Trinajstić information content (AvgIpc) is 2.02. The Bertz CT molecular complexity index is 167. The molecule has 0 bridgehead atoms. The Morgan fingerprint density at radius 3 is 1.77 bits per heavy atom. The van der Waals surface area contributed by atoms with Gasteiger partial charge < -0.3 is 24.8 Å². The minimum Gasteiger partial charge on any atom is -0.393 e. The zero-order valence-corrected chi connectivity index (χ0v) is 7.86. The number of aliphatic hydroxyl groups excluding tert-OH is 1. The lowest BCUT2D eigenvalue weighted by Crippen LogP contribution is -2.52. The van der Waals surface area contributed by atoms with Crippen LogP contribution in [0.3, 0.4) is 0 Å². The van der Waals surface area contributed by atoms with Crippen molar-refractivity contribution in [2.24, 2.45) is 0 Å². The predicted octanol–water partition coefficient (Wildman–Crippen LogP) is -0.799. The number of hydrogen-bond donors (Lipinski definition) is 3. The van der Waals surface area contributed by atoms with E-state index in [9.17, 15) is 15.3 Å². The molecule has 13 heavy (non-hydrogen) atoms. The second-order valence-corrected chi connectivity index (χ2v) is 3.54. The maximum absolute atomic E-state index is 9.69. The van der Waals surface area contributed by atoms with Gasteiger partial charge in [-0.1, -0.05) is 0 Å². The quantitative estimate of drug-likeness (QED) is 0.499. The highest BCUT2D eigenvalue weighted by molar-refractivity contribution is 4.88. The molecule has 0 aromatic rings. The van der Waals surface area contributed by atoms with Gasteiger partial charge in [0.05, 0.1) is 12.5 Å². The molecule has 5 heteroatoms. The summed E-state index contributed by atoms with van der Waals surface area (Å²) in [5.41, 5.74) is 0. The first-order chi connectivity index (χ1) is 5.93. The van der Waals surface area contributed by atoms with E-state index in [4.69, 9.17) is 9.47 Å². The molecule has 0 aromatic carbocycles. The van der Waals surface area contributed by atoms with Crippen LogP contribution >= 0.6 is 0 Å². The summed E-state index contributed by atoms with van der Waals surface area (Å²) >= 11 is 0. The molecule has 0 saturated heterocycles. The molecule has 1 aliphatic carbocycles. The monoisotopic (exact) mass is 192 g/mol. The molecule has 1 aliphatic rings. The van der Waals surface area contributed by atoms with Gasteiger partial charge in [0.25, 0.3) is 0 Å². The highest BCUT2D eigenvalue weighted by Gasteiger charge is 2.47. The van der Waals surface area contributed by atoms with Crippen LogP contribution in [-0.2, 0) is 9.47 Å². The largest absolute Gasteiger partial charge is 0.393 e. The molecule has 0 amide bonds. The van der Waals surface area contributed by atoms with Crippen LogP contribution in [0.1, 0.15) is 19.3 Å². The van der Waals surface area contributed by atoms with Crippen LogP contribution in [0.2, 0.25) is 0 Å². The molecule has 0 aromatic heterocycles. The van der Waals surface area contributed by atoms with E-state index in [0.717, 1.165) is 0 Å². The Morgan fingerprint density at radius 2 is 1.46 bits per heavy atom. The van der Waals surface area contributed by atoms with Crippen molar-refractivity contribution in [2.75, 3.05) is 14.2 Å². The van der Waals surface area contributed by atoms with Gasteiger partial charge >= 0.3 is 0 Å². The Kier molecular flexibility index (Phi) is 2.94. The molecule has 0 aliphatic heterocycles. The van der Waals surface area contributed by atoms with Gasteiger partial charge in [0.2, 0.25) is 0 Å². The van der Waals surface area contributed by atoms with Crippen molar-refractivity contribution in [1.82, 2.24) is 0 Å². The molecular weight excluding hydrogens is 176 g/mol. The van der Waals surface area contributed by atoms with Gasteiger partial charge in [-0.25, -0.2) is 0 Å². The first kappa shape index (κ1) is 10.9. The maximum Gasteiger partial charge on any atom is 0.172 e. The van der Waals surface area contributed by atoms with E-state index < -0.39 is 17.7 Å². The molecule has 1 saturated carbocycles. The van der Waals surface area contributed by atoms with E-state index in [0.29, 0.717) is 0 Å². The Balaban J connectivity index is 2.73. The fraction of sp³-hybridized carbons (Fsp3) is 1.00. The van der Waals surface area contributed by atoms with E-state index in [1.807, 2.05) is 0 Å². The molecule has 1 fully saturated rings. The van der Waals surface area contributed by atoms with E-state index >= 15 is 0 Å². The van der Waals surface area contributed by atoms with Gasteiger partial charge in [0, 0.05) is 27.1 Å². The lowest BCUT2D eigenvalue weighted by atomic mass is 9.86. The zero-order valence-electron chi connectivity index (χ0n) is 7.86. The van der Waals surface area contributed by atoms with Crippen molar-refractivity contribution < 1.29 is 24.8 Å². The number of methoxy groups -OCH3 is 2. The standard InChI is InChI=1S/C8H16O5/c1-12-7(10)3-6(9)4-8(11,5-7)13-2/h6,9-11H,3-5H2,1-2H3. The molecule has 3 N–H and O–H groups in total. The zero-order chi connectivity index (χ0) is 10.1. The van der Waals surface area contributed by atoms with E-state index in [1.54, 1.807) is 0 Å². The molecule has 0 spiro atoms. The number of ether oxygens (including phenoxy) is 2. The Labute approximate surface area is 76.9 Å². The van der Waals surface area contributed by atoms with Gasteiger partial charge in [-0.15, -0.1) is 0 Å². The molecule has 0 heterocycles. The van der Waals surface area contributed by atoms with Crippen LogP contribution in [-0.4, -0.2) is 47.2 Å². The first-order valence-electron chi connectivity index (χ1n) is 4.16. The summed E-state index contributed by atoms with van der Waals surface area (Å²) in [6, 6.07) is 0. The van der Waals surface area contributed by atoms with Crippen molar-refractivity contribution >= 4 is 0 Å². The fourth-order valence-electron chi connectivity index (χ4n) is 1.70. The Hall–Kier alpha value is -0.200. The van der Waals surface area contributed by atoms with Crippen molar-refractivity contribution in [3.8, 4) is 0 Å². The fourth-order valence-corrected chi connectivity index (χ4v) is 1.70. The molecule has 5 nitrogen and oxygen atoms in total. The summed E-state index contributed by atoms with van der Waals surface area (Å²) in [7, 11) is 2.66. The highest BCUT2D eigenvalue weighted by atomic mass is 16.6. The van der Waals surface area contributed by atoms with Gasteiger partial charge in [0.15, 0.2) is 11.6 Å². The molecule has 2 atom stereocenters. The normalized spacial score (nSPS) is 46.4. The third-order valence-corrected chi connectivity index (χ3v) is 2.42. The second kappa shape index (κ2) is 3.51. The summed E-state index contributed by atoms with van der Waals surface area (Å²) in [5.74, 6) is -3.00. The van der Waals surface area contributed by atoms with E-state index in [1.165, 1.54) is 14.2 Å². The van der Waals surface area contributed by atoms with Crippen molar-refractivity contribution in [3.05, 3.63) is 0 Å². The van der Waals surface area contributed by atoms with Crippen LogP contribution < -0.4 is 0 Å². The van der Waals surface area contributed by atoms with Crippen molar-refractivity contribution in [2.45, 2.75) is 36.9 Å². The second-order valence-electron chi connectivity index (χ2n) is 3.54. The molecule has 2 unspecified atom stereocenters. The summed E-state index contributed by atoms with van der Waals surface area (Å²) in [5, 5.41) is 28.8. The van der Waals surface area contributed by atoms with Crippen LogP contribution in [0.5, 0.6) is 0 Å². The van der Waals surface area contributed by atoms with Crippen LogP contribution in [0.15, 0.2) is 0 Å². The first-order valence-corrected chi connectivity index (χ1v) is 4.16. The minimum absolute atomic E-state index is 0.0515. The molecule has 78 valence electrons. The number of aliphatic hydroxyl groups is 3. The van der Waals surface area contributed by atoms with Crippen LogP contribution in [0.25, 0.3) is 0 Å². The van der Waals surface area contributed by atoms with E-state index in [-0.39, 0.29) is 19.3 Å². The van der Waals surface area contributed by atoms with Gasteiger partial charge in [-0.2, -0.15) is 0 Å². The summed E-state index contributed by atoms with van der Waals surface area (Å²) in [4.78, 5) is 0. The predicted molar refractivity (Wildman–Crippen MR) is 43.8 cm³/mol. The summed E-state index contributed by atoms with van der Waals surface area (Å²) in [6.45, 7) is 0. The average molecular weight is 192 g/mol. The molecule has 0 radical (unpaired) electrons. The van der Waals surface area contributed by atoms with Crippen molar-refractivity contribution in [1.29, 1.82) is 0 Å². The topological polar surface area (TPSA) is 79.2 Å². The van der Waals surface area contributed by atoms with Gasteiger partial charge in [0.1, 0.15) is 0 Å². The van der Waals surface area contributed by atoms with Crippen LogP contribution in [0, 0.1) is 0 Å². The summed E-state index contributed by atoms with van der Waals surface area (Å²) < 4.78 is 9.60. The lowest BCUT2D eigenvalue weighted by molar-refractivity contribution is -0.313. The SMILES string of the molecule is COC1(O)CC(O)CC(O)(OC)C1. The summed E-state index contributed by atoms with van der Waals surface area (Å²) in [6.07, 6.45) is -0.683. The van der Waals surface area contributed by atoms with E-state index in [2.05, 4.69) is 0 Å². The minimum atomic E-state index is -1.50. The smallest absolute Gasteiger partial charge is 0.172 e. The molecule has 1 rings (SSSR count). The maximum atomic E-state index is 9.69. The van der Waals surface area contributed by atoms with Gasteiger partial charge in [-0.3, -0.25) is 0 Å². The number of hydrogen-bond acceptors (Lipinski definition) is 5. The third kappa shape index (κ3) is 2.38. The Morgan fingerprint density at radius 1 is 1.08 bits per heavy atom. The van der Waals surface area contributed by atoms with Crippen LogP contribution in [0.4, 0.5) is 0 Å².